The van der Waals surface area contributed by atoms with E-state index in [1.807, 2.05) is 0 Å². The molecule has 1 amide bonds. The minimum atomic E-state index is -3.82. The Morgan fingerprint density at radius 3 is 2.08 bits per heavy atom. The topological polar surface area (TPSA) is 57.6 Å². The molecule has 142 valence electrons. The molecule has 1 heterocycles. The zero-order valence-electron chi connectivity index (χ0n) is 13.1. The second kappa shape index (κ2) is 5.34. The maximum absolute atomic E-state index is 13.9. The van der Waals surface area contributed by atoms with Crippen molar-refractivity contribution in [2.45, 2.75) is 67.9 Å². The molecule has 2 saturated carbocycles. The summed E-state index contributed by atoms with van der Waals surface area (Å²) < 4.78 is 80.6. The van der Waals surface area contributed by atoms with Crippen molar-refractivity contribution in [3.63, 3.8) is 0 Å². The molecule has 3 fully saturated rings. The molecule has 3 rings (SSSR count). The Balaban J connectivity index is 1.77. The summed E-state index contributed by atoms with van der Waals surface area (Å²) in [6, 6.07) is 0. The molecule has 2 atom stereocenters. The lowest BCUT2D eigenvalue weighted by Crippen LogP contribution is -2.54. The number of carbonyl (C=O) groups is 2. The van der Waals surface area contributed by atoms with Gasteiger partial charge in [-0.3, -0.25) is 9.59 Å². The standard InChI is InChI=1S/C15H17F6NO3/c16-13(17)2-1-12(6-13)11(25)15(20,21)7-22(12)10(24)9(23)3-8-4-14(18,19)5-8/h8,11,25H,1-7H2/t11-,12-/m0/s1. The maximum Gasteiger partial charge on any atom is 0.292 e. The van der Waals surface area contributed by atoms with Crippen LogP contribution < -0.4 is 0 Å². The van der Waals surface area contributed by atoms with E-state index in [1.165, 1.54) is 0 Å². The zero-order chi connectivity index (χ0) is 18.8. The molecule has 0 aromatic rings. The molecular weight excluding hydrogens is 356 g/mol. The van der Waals surface area contributed by atoms with Crippen LogP contribution in [0.4, 0.5) is 26.3 Å². The fraction of sp³-hybridized carbons (Fsp3) is 0.867. The van der Waals surface area contributed by atoms with Gasteiger partial charge >= 0.3 is 0 Å². The summed E-state index contributed by atoms with van der Waals surface area (Å²) >= 11 is 0. The second-order valence-corrected chi connectivity index (χ2v) is 7.45. The van der Waals surface area contributed by atoms with Crippen LogP contribution in [0.1, 0.15) is 38.5 Å². The minimum Gasteiger partial charge on any atom is -0.384 e. The lowest BCUT2D eigenvalue weighted by Gasteiger charge is -2.37. The van der Waals surface area contributed by atoms with E-state index in [0.717, 1.165) is 0 Å². The van der Waals surface area contributed by atoms with Crippen LogP contribution in [0.5, 0.6) is 0 Å². The van der Waals surface area contributed by atoms with Crippen LogP contribution in [0.15, 0.2) is 0 Å². The third kappa shape index (κ3) is 3.02. The van der Waals surface area contributed by atoms with E-state index < -0.39 is 92.1 Å². The van der Waals surface area contributed by atoms with Gasteiger partial charge in [-0.1, -0.05) is 0 Å². The largest absolute Gasteiger partial charge is 0.384 e. The van der Waals surface area contributed by atoms with Gasteiger partial charge in [0.25, 0.3) is 17.8 Å². The number of aliphatic hydroxyl groups is 1. The van der Waals surface area contributed by atoms with Crippen molar-refractivity contribution in [2.75, 3.05) is 6.54 Å². The summed E-state index contributed by atoms with van der Waals surface area (Å²) in [7, 11) is 0. The summed E-state index contributed by atoms with van der Waals surface area (Å²) in [6.45, 7) is -1.34. The Kier molecular flexibility index (Phi) is 3.95. The summed E-state index contributed by atoms with van der Waals surface area (Å²) in [5.74, 6) is -13.4. The molecule has 2 aliphatic carbocycles. The van der Waals surface area contributed by atoms with Crippen LogP contribution >= 0.6 is 0 Å². The summed E-state index contributed by atoms with van der Waals surface area (Å²) in [4.78, 5) is 24.6. The highest BCUT2D eigenvalue weighted by Crippen LogP contribution is 2.54. The van der Waals surface area contributed by atoms with E-state index in [1.54, 1.807) is 0 Å². The number of hydrogen-bond donors (Lipinski definition) is 1. The van der Waals surface area contributed by atoms with Gasteiger partial charge < -0.3 is 10.0 Å². The first-order valence-corrected chi connectivity index (χ1v) is 7.94. The fourth-order valence-electron chi connectivity index (χ4n) is 4.19. The molecule has 1 N–H and O–H groups in total. The fourth-order valence-corrected chi connectivity index (χ4v) is 4.19. The van der Waals surface area contributed by atoms with Gasteiger partial charge in [-0.05, 0) is 12.3 Å². The van der Waals surface area contributed by atoms with E-state index >= 15 is 0 Å². The van der Waals surface area contributed by atoms with E-state index in [4.69, 9.17) is 0 Å². The predicted molar refractivity (Wildman–Crippen MR) is 71.5 cm³/mol. The molecule has 1 spiro atoms. The minimum absolute atomic E-state index is 0.345. The highest BCUT2D eigenvalue weighted by molar-refractivity contribution is 6.36. The summed E-state index contributed by atoms with van der Waals surface area (Å²) in [6.07, 6.45) is -6.69. The normalized spacial score (nSPS) is 35.8. The van der Waals surface area contributed by atoms with E-state index in [-0.39, 0.29) is 0 Å². The molecule has 3 aliphatic rings. The first kappa shape index (κ1) is 18.5. The number of alkyl halides is 6. The number of hydrogen-bond acceptors (Lipinski definition) is 3. The lowest BCUT2D eigenvalue weighted by atomic mass is 9.78. The molecule has 0 aromatic carbocycles. The molecule has 0 unspecified atom stereocenters. The van der Waals surface area contributed by atoms with Crippen molar-refractivity contribution in [1.29, 1.82) is 0 Å². The average Bonchev–Trinajstić information content (AvgIpc) is 2.86. The maximum atomic E-state index is 13.9. The van der Waals surface area contributed by atoms with Crippen molar-refractivity contribution >= 4 is 11.7 Å². The predicted octanol–water partition coefficient (Wildman–Crippen LogP) is 2.39. The van der Waals surface area contributed by atoms with Crippen LogP contribution in [0, 0.1) is 5.92 Å². The molecule has 0 radical (unpaired) electrons. The van der Waals surface area contributed by atoms with Crippen LogP contribution in [0.3, 0.4) is 0 Å². The smallest absolute Gasteiger partial charge is 0.292 e. The number of likely N-dealkylation sites (tertiary alicyclic amines) is 1. The molecule has 1 aliphatic heterocycles. The molecule has 4 nitrogen and oxygen atoms in total. The Hall–Kier alpha value is -1.32. The number of ketones is 1. The SMILES string of the molecule is O=C(CC1CC(F)(F)C1)C(=O)N1CC(F)(F)[C@@H](O)[C@@]12CCC(F)(F)C2. The Morgan fingerprint density at radius 1 is 1.00 bits per heavy atom. The first-order chi connectivity index (χ1) is 11.3. The Bertz CT molecular complexity index is 602. The van der Waals surface area contributed by atoms with Gasteiger partial charge in [0, 0.05) is 32.1 Å². The molecule has 25 heavy (non-hydrogen) atoms. The van der Waals surface area contributed by atoms with Gasteiger partial charge in [-0.2, -0.15) is 0 Å². The van der Waals surface area contributed by atoms with Gasteiger partial charge in [-0.25, -0.2) is 26.3 Å². The molecule has 1 saturated heterocycles. The monoisotopic (exact) mass is 373 g/mol. The van der Waals surface area contributed by atoms with Crippen LogP contribution in [0.25, 0.3) is 0 Å². The highest BCUT2D eigenvalue weighted by Gasteiger charge is 2.69. The number of rotatable bonds is 3. The van der Waals surface area contributed by atoms with E-state index in [2.05, 4.69) is 0 Å². The zero-order valence-corrected chi connectivity index (χ0v) is 13.1. The van der Waals surface area contributed by atoms with Gasteiger partial charge in [0.05, 0.1) is 12.1 Å². The van der Waals surface area contributed by atoms with Crippen molar-refractivity contribution in [2.24, 2.45) is 5.92 Å². The number of halogens is 6. The Labute approximate surface area is 139 Å². The third-order valence-corrected chi connectivity index (χ3v) is 5.44. The van der Waals surface area contributed by atoms with Gasteiger partial charge in [0.2, 0.25) is 11.7 Å². The van der Waals surface area contributed by atoms with Crippen molar-refractivity contribution in [1.82, 2.24) is 4.90 Å². The number of carbonyl (C=O) groups excluding carboxylic acids is 2. The first-order valence-electron chi connectivity index (χ1n) is 7.94. The van der Waals surface area contributed by atoms with Gasteiger partial charge in [0.15, 0.2) is 0 Å². The number of Topliss-reactive ketones (excluding diaryl/α,β-unsaturated/α-hetero) is 1. The average molecular weight is 373 g/mol. The van der Waals surface area contributed by atoms with Crippen molar-refractivity contribution in [3.8, 4) is 0 Å². The molecular formula is C15H17F6NO3. The Morgan fingerprint density at radius 2 is 1.60 bits per heavy atom. The summed E-state index contributed by atoms with van der Waals surface area (Å²) in [5.41, 5.74) is -2.21. The van der Waals surface area contributed by atoms with Gasteiger partial charge in [-0.15, -0.1) is 0 Å². The number of nitrogens with zero attached hydrogens (tertiary/aromatic N) is 1. The van der Waals surface area contributed by atoms with Gasteiger partial charge in [0.1, 0.15) is 6.10 Å². The van der Waals surface area contributed by atoms with Crippen molar-refractivity contribution in [3.05, 3.63) is 0 Å². The molecule has 0 bridgehead atoms. The van der Waals surface area contributed by atoms with Crippen LogP contribution in [-0.4, -0.2) is 57.7 Å². The quantitative estimate of drug-likeness (QED) is 0.611. The van der Waals surface area contributed by atoms with E-state index in [0.29, 0.717) is 4.90 Å². The van der Waals surface area contributed by atoms with Crippen LogP contribution in [0.2, 0.25) is 0 Å². The molecule has 0 aromatic heterocycles. The second-order valence-electron chi connectivity index (χ2n) is 7.45. The lowest BCUT2D eigenvalue weighted by molar-refractivity contribution is -0.154. The van der Waals surface area contributed by atoms with E-state index in [9.17, 15) is 41.0 Å². The number of amides is 1. The highest BCUT2D eigenvalue weighted by atomic mass is 19.3. The van der Waals surface area contributed by atoms with Crippen LogP contribution in [-0.2, 0) is 9.59 Å². The molecule has 10 heteroatoms. The third-order valence-electron chi connectivity index (χ3n) is 5.44. The number of aliphatic hydroxyl groups excluding tert-OH is 1. The summed E-state index contributed by atoms with van der Waals surface area (Å²) in [5, 5.41) is 9.86. The van der Waals surface area contributed by atoms with Crippen molar-refractivity contribution < 1.29 is 41.0 Å².